The Labute approximate surface area is 128 Å². The molecule has 1 atom stereocenters. The smallest absolute Gasteiger partial charge is 0.253 e. The van der Waals surface area contributed by atoms with Crippen LogP contribution in [0, 0.1) is 11.7 Å². The summed E-state index contributed by atoms with van der Waals surface area (Å²) in [7, 11) is 0. The molecule has 0 fully saturated rings. The van der Waals surface area contributed by atoms with Crippen LogP contribution in [0.25, 0.3) is 0 Å². The number of hydrogen-bond acceptors (Lipinski definition) is 1. The van der Waals surface area contributed by atoms with Crippen molar-refractivity contribution in [3.8, 4) is 0 Å². The summed E-state index contributed by atoms with van der Waals surface area (Å²) >= 11 is 0. The van der Waals surface area contributed by atoms with Gasteiger partial charge in [0.05, 0.1) is 0 Å². The van der Waals surface area contributed by atoms with Crippen LogP contribution < -0.4 is 5.46 Å². The maximum absolute atomic E-state index is 13.9. The van der Waals surface area contributed by atoms with Crippen LogP contribution in [0.5, 0.6) is 0 Å². The number of carbonyl (C=O) groups is 1. The lowest BCUT2D eigenvalue weighted by Crippen LogP contribution is -2.57. The van der Waals surface area contributed by atoms with Crippen LogP contribution in [0.2, 0.25) is 6.82 Å². The minimum Gasteiger partial charge on any atom is -0.310 e. The number of carbonyl (C=O) groups excluding carboxylic acids is 1. The van der Waals surface area contributed by atoms with Crippen LogP contribution in [-0.4, -0.2) is 12.4 Å². The molecule has 1 unspecified atom stereocenters. The fourth-order valence-electron chi connectivity index (χ4n) is 4.48. The molecule has 0 amide bonds. The lowest BCUT2D eigenvalue weighted by atomic mass is 9.33. The summed E-state index contributed by atoms with van der Waals surface area (Å²) in [5, 5.41) is 0. The summed E-state index contributed by atoms with van der Waals surface area (Å²) in [5.41, 5.74) is 2.33. The predicted octanol–water partition coefficient (Wildman–Crippen LogP) is 4.14. The second-order valence-electron chi connectivity index (χ2n) is 6.47. The molecule has 0 spiro atoms. The van der Waals surface area contributed by atoms with E-state index in [1.807, 2.05) is 12.9 Å². The van der Waals surface area contributed by atoms with Crippen LogP contribution in [0.1, 0.15) is 58.4 Å². The first-order chi connectivity index (χ1) is 10.0. The monoisotopic (exact) mass is 288 g/mol. The van der Waals surface area contributed by atoms with Gasteiger partial charge in [0.25, 0.3) is 6.71 Å². The molecule has 3 heteroatoms. The molecule has 0 aromatic heterocycles. The van der Waals surface area contributed by atoms with E-state index in [0.29, 0.717) is 5.68 Å². The highest BCUT2D eigenvalue weighted by Gasteiger charge is 2.49. The largest absolute Gasteiger partial charge is 0.310 e. The molecular formula is C18H26BFO. The molecule has 0 bridgehead atoms. The molecular weight excluding hydrogens is 262 g/mol. The highest BCUT2D eigenvalue weighted by molar-refractivity contribution is 6.99. The normalized spacial score (nSPS) is 20.5. The van der Waals surface area contributed by atoms with E-state index < -0.39 is 0 Å². The Morgan fingerprint density at radius 1 is 1.19 bits per heavy atom. The number of hydrogen-bond donors (Lipinski definition) is 0. The van der Waals surface area contributed by atoms with Crippen molar-refractivity contribution in [3.05, 3.63) is 29.6 Å². The van der Waals surface area contributed by atoms with Crippen molar-refractivity contribution in [1.82, 2.24) is 0 Å². The summed E-state index contributed by atoms with van der Waals surface area (Å²) in [6.07, 6.45) is 4.82. The molecule has 114 valence electrons. The topological polar surface area (TPSA) is 17.1 Å². The van der Waals surface area contributed by atoms with Crippen LogP contribution in [0.3, 0.4) is 0 Å². The molecule has 1 aromatic carbocycles. The quantitative estimate of drug-likeness (QED) is 0.744. The zero-order valence-corrected chi connectivity index (χ0v) is 13.7. The summed E-state index contributed by atoms with van der Waals surface area (Å²) in [4.78, 5) is 12.9. The Kier molecular flexibility index (Phi) is 4.90. The first-order valence-corrected chi connectivity index (χ1v) is 8.35. The molecule has 0 radical (unpaired) electrons. The van der Waals surface area contributed by atoms with E-state index in [1.54, 1.807) is 6.07 Å². The van der Waals surface area contributed by atoms with Gasteiger partial charge in [-0.2, -0.15) is 0 Å². The van der Waals surface area contributed by atoms with Crippen LogP contribution in [0.4, 0.5) is 4.39 Å². The molecule has 0 saturated heterocycles. The van der Waals surface area contributed by atoms with Gasteiger partial charge in [-0.3, -0.25) is 0 Å². The third-order valence-electron chi connectivity index (χ3n) is 5.26. The van der Waals surface area contributed by atoms with Crippen LogP contribution in [0.15, 0.2) is 18.2 Å². The van der Waals surface area contributed by atoms with Gasteiger partial charge >= 0.3 is 0 Å². The van der Waals surface area contributed by atoms with Crippen LogP contribution in [-0.2, 0) is 10.2 Å². The maximum atomic E-state index is 13.9. The van der Waals surface area contributed by atoms with E-state index in [-0.39, 0.29) is 23.9 Å². The van der Waals surface area contributed by atoms with E-state index >= 15 is 0 Å². The second kappa shape index (κ2) is 6.33. The highest BCUT2D eigenvalue weighted by atomic mass is 19.1. The molecule has 21 heavy (non-hydrogen) atoms. The molecule has 0 aliphatic carbocycles. The third-order valence-corrected chi connectivity index (χ3v) is 5.26. The van der Waals surface area contributed by atoms with Gasteiger partial charge in [-0.25, -0.2) is 4.39 Å². The van der Waals surface area contributed by atoms with E-state index in [0.717, 1.165) is 43.1 Å². The van der Waals surface area contributed by atoms with Gasteiger partial charge in [-0.15, -0.1) is 0 Å². The number of fused-ring (bicyclic) bond motifs is 1. The molecule has 0 N–H and O–H groups in total. The Morgan fingerprint density at radius 2 is 1.81 bits per heavy atom. The minimum absolute atomic E-state index is 0.0294. The van der Waals surface area contributed by atoms with Gasteiger partial charge in [0.15, 0.2) is 0 Å². The average Bonchev–Trinajstić information content (AvgIpc) is 2.46. The molecule has 1 nitrogen and oxygen atoms in total. The third kappa shape index (κ3) is 2.56. The lowest BCUT2D eigenvalue weighted by molar-refractivity contribution is -0.118. The van der Waals surface area contributed by atoms with Gasteiger partial charge in [-0.1, -0.05) is 52.0 Å². The van der Waals surface area contributed by atoms with Crippen molar-refractivity contribution in [2.45, 2.75) is 65.1 Å². The second-order valence-corrected chi connectivity index (χ2v) is 6.47. The molecule has 2 rings (SSSR count). The summed E-state index contributed by atoms with van der Waals surface area (Å²) in [6, 6.07) is 5.03. The highest BCUT2D eigenvalue weighted by Crippen LogP contribution is 2.45. The van der Waals surface area contributed by atoms with Crippen molar-refractivity contribution in [2.24, 2.45) is 5.92 Å². The first-order valence-electron chi connectivity index (χ1n) is 8.35. The Morgan fingerprint density at radius 3 is 2.33 bits per heavy atom. The molecule has 1 aromatic rings. The SMILES string of the molecule is CCCC1(CCC)c2cc(F)ccc2B(C)C(=O)C1CC. The standard InChI is InChI=1S/C18H26BFO/c1-5-10-18(11-6-2)14(7-3)17(21)19(4)16-9-8-13(20)12-15(16)18/h8-9,12,14H,5-7,10-11H2,1-4H3. The van der Waals surface area contributed by atoms with Crippen molar-refractivity contribution in [2.75, 3.05) is 0 Å². The molecule has 1 heterocycles. The van der Waals surface area contributed by atoms with Gasteiger partial charge in [0.1, 0.15) is 11.5 Å². The minimum atomic E-state index is -0.179. The Bertz CT molecular complexity index is 520. The Balaban J connectivity index is 2.70. The van der Waals surface area contributed by atoms with Gasteiger partial charge in [0, 0.05) is 11.3 Å². The fourth-order valence-corrected chi connectivity index (χ4v) is 4.48. The van der Waals surface area contributed by atoms with Crippen molar-refractivity contribution in [1.29, 1.82) is 0 Å². The molecule has 1 aliphatic heterocycles. The van der Waals surface area contributed by atoms with E-state index in [2.05, 4.69) is 20.8 Å². The lowest BCUT2D eigenvalue weighted by Gasteiger charge is -2.46. The van der Waals surface area contributed by atoms with Crippen molar-refractivity contribution >= 4 is 17.9 Å². The number of rotatable bonds is 5. The summed E-state index contributed by atoms with van der Waals surface area (Å²) in [5.74, 6) is -0.150. The van der Waals surface area contributed by atoms with Gasteiger partial charge < -0.3 is 4.79 Å². The first kappa shape index (κ1) is 16.3. The zero-order chi connectivity index (χ0) is 15.6. The number of benzene rings is 1. The van der Waals surface area contributed by atoms with Crippen molar-refractivity contribution in [3.63, 3.8) is 0 Å². The summed E-state index contributed by atoms with van der Waals surface area (Å²) < 4.78 is 13.9. The van der Waals surface area contributed by atoms with Gasteiger partial charge in [0.2, 0.25) is 0 Å². The van der Waals surface area contributed by atoms with E-state index in [9.17, 15) is 9.18 Å². The van der Waals surface area contributed by atoms with E-state index in [4.69, 9.17) is 0 Å². The average molecular weight is 288 g/mol. The van der Waals surface area contributed by atoms with Crippen LogP contribution >= 0.6 is 0 Å². The number of halogens is 1. The zero-order valence-electron chi connectivity index (χ0n) is 13.7. The van der Waals surface area contributed by atoms with E-state index in [1.165, 1.54) is 6.07 Å². The molecule has 0 saturated carbocycles. The maximum Gasteiger partial charge on any atom is 0.253 e. The Hall–Kier alpha value is -1.12. The summed E-state index contributed by atoms with van der Waals surface area (Å²) in [6.45, 7) is 8.29. The van der Waals surface area contributed by atoms with Crippen molar-refractivity contribution < 1.29 is 9.18 Å². The fraction of sp³-hybridized carbons (Fsp3) is 0.611. The molecule has 1 aliphatic rings. The van der Waals surface area contributed by atoms with Gasteiger partial charge in [-0.05, 0) is 37.0 Å². The predicted molar refractivity (Wildman–Crippen MR) is 87.9 cm³/mol.